The van der Waals surface area contributed by atoms with Gasteiger partial charge in [0.05, 0.1) is 13.2 Å². The topological polar surface area (TPSA) is 138 Å². The van der Waals surface area contributed by atoms with Crippen molar-refractivity contribution in [2.24, 2.45) is 0 Å². The molecule has 1 fully saturated rings. The zero-order valence-electron chi connectivity index (χ0n) is 10.2. The highest BCUT2D eigenvalue weighted by Gasteiger charge is 2.46. The van der Waals surface area contributed by atoms with Crippen LogP contribution in [-0.2, 0) is 9.47 Å². The van der Waals surface area contributed by atoms with Gasteiger partial charge in [0, 0.05) is 0 Å². The molecule has 1 aromatic rings. The van der Waals surface area contributed by atoms with Gasteiger partial charge >= 0.3 is 5.97 Å². The lowest BCUT2D eigenvalue weighted by molar-refractivity contribution is -0.0243. The van der Waals surface area contributed by atoms with E-state index < -0.39 is 37.0 Å². The van der Waals surface area contributed by atoms with E-state index in [-0.39, 0.29) is 18.0 Å². The number of carbonyl (C=O) groups excluding carboxylic acids is 1. The number of hydrogen-bond acceptors (Lipinski definition) is 8. The van der Waals surface area contributed by atoms with Gasteiger partial charge in [-0.3, -0.25) is 0 Å². The normalized spacial score (nSPS) is 30.5. The highest BCUT2D eigenvalue weighted by molar-refractivity contribution is 5.88. The molecule has 0 amide bonds. The van der Waals surface area contributed by atoms with Crippen LogP contribution in [0.3, 0.4) is 0 Å². The molecule has 1 aromatic heterocycles. The highest BCUT2D eigenvalue weighted by Crippen LogP contribution is 2.33. The van der Waals surface area contributed by atoms with E-state index in [0.29, 0.717) is 0 Å². The number of H-pyrrole nitrogens is 1. The number of carbonyl (C=O) groups is 1. The fourth-order valence-electron chi connectivity index (χ4n) is 1.91. The first kappa shape index (κ1) is 13.9. The van der Waals surface area contributed by atoms with Crippen molar-refractivity contribution in [3.05, 3.63) is 11.4 Å². The van der Waals surface area contributed by atoms with Gasteiger partial charge in [-0.1, -0.05) is 0 Å². The lowest BCUT2D eigenvalue weighted by Crippen LogP contribution is -2.32. The maximum absolute atomic E-state index is 11.6. The van der Waals surface area contributed by atoms with Crippen molar-refractivity contribution in [2.75, 3.05) is 13.2 Å². The van der Waals surface area contributed by atoms with Crippen LogP contribution in [0.25, 0.3) is 0 Å². The van der Waals surface area contributed by atoms with Crippen molar-refractivity contribution < 1.29 is 29.6 Å². The Hall–Kier alpha value is -1.55. The highest BCUT2D eigenvalue weighted by atomic mass is 16.6. The molecule has 19 heavy (non-hydrogen) atoms. The quantitative estimate of drug-likeness (QED) is 0.468. The molecule has 0 unspecified atom stereocenters. The molecule has 4 N–H and O–H groups in total. The third kappa shape index (κ3) is 2.45. The Kier molecular flexibility index (Phi) is 4.10. The molecule has 1 aliphatic rings. The largest absolute Gasteiger partial charge is 0.461 e. The van der Waals surface area contributed by atoms with Gasteiger partial charge in [-0.15, -0.1) is 5.10 Å². The average molecular weight is 273 g/mol. The number of esters is 1. The lowest BCUT2D eigenvalue weighted by atomic mass is 10.0. The zero-order chi connectivity index (χ0) is 14.0. The minimum atomic E-state index is -1.31. The molecule has 2 heterocycles. The summed E-state index contributed by atoms with van der Waals surface area (Å²) in [6.07, 6.45) is -4.56. The molecular weight excluding hydrogens is 258 g/mol. The number of aliphatic hydroxyl groups is 3. The van der Waals surface area contributed by atoms with Crippen LogP contribution in [0, 0.1) is 0 Å². The molecular formula is C10H15N3O6. The summed E-state index contributed by atoms with van der Waals surface area (Å²) in [4.78, 5) is 11.6. The van der Waals surface area contributed by atoms with E-state index in [9.17, 15) is 15.0 Å². The molecule has 0 spiro atoms. The summed E-state index contributed by atoms with van der Waals surface area (Å²) in [6, 6.07) is 0. The van der Waals surface area contributed by atoms with Crippen LogP contribution in [0.4, 0.5) is 0 Å². The first-order valence-electron chi connectivity index (χ1n) is 5.80. The van der Waals surface area contributed by atoms with Crippen LogP contribution < -0.4 is 0 Å². The fraction of sp³-hybridized carbons (Fsp3) is 0.700. The van der Waals surface area contributed by atoms with Gasteiger partial charge in [0.1, 0.15) is 30.1 Å². The van der Waals surface area contributed by atoms with Crippen molar-refractivity contribution in [1.82, 2.24) is 15.4 Å². The summed E-state index contributed by atoms with van der Waals surface area (Å²) in [5.74, 6) is -0.705. The molecule has 0 saturated carbocycles. The Morgan fingerprint density at radius 2 is 2.16 bits per heavy atom. The van der Waals surface area contributed by atoms with Gasteiger partial charge in [0.25, 0.3) is 0 Å². The Morgan fingerprint density at radius 1 is 1.42 bits per heavy atom. The molecule has 9 heteroatoms. The van der Waals surface area contributed by atoms with E-state index in [1.54, 1.807) is 6.92 Å². The number of aromatic nitrogens is 3. The zero-order valence-corrected chi connectivity index (χ0v) is 10.2. The number of nitrogens with zero attached hydrogens (tertiary/aromatic N) is 2. The van der Waals surface area contributed by atoms with Crippen molar-refractivity contribution in [3.63, 3.8) is 0 Å². The Morgan fingerprint density at radius 3 is 2.74 bits per heavy atom. The predicted octanol–water partition coefficient (Wildman–Crippen LogP) is -1.86. The van der Waals surface area contributed by atoms with E-state index in [1.807, 2.05) is 0 Å². The van der Waals surface area contributed by atoms with E-state index in [4.69, 9.17) is 14.6 Å². The van der Waals surface area contributed by atoms with E-state index in [2.05, 4.69) is 15.4 Å². The first-order chi connectivity index (χ1) is 9.10. The molecule has 1 saturated heterocycles. The van der Waals surface area contributed by atoms with Crippen molar-refractivity contribution in [2.45, 2.75) is 31.3 Å². The van der Waals surface area contributed by atoms with Crippen LogP contribution >= 0.6 is 0 Å². The lowest BCUT2D eigenvalue weighted by Gasteiger charge is -2.12. The maximum atomic E-state index is 11.6. The number of aliphatic hydroxyl groups excluding tert-OH is 3. The van der Waals surface area contributed by atoms with Crippen LogP contribution in [-0.4, -0.2) is 68.2 Å². The molecule has 0 radical (unpaired) electrons. The molecule has 9 nitrogen and oxygen atoms in total. The molecule has 4 atom stereocenters. The predicted molar refractivity (Wildman–Crippen MR) is 59.1 cm³/mol. The molecule has 0 bridgehead atoms. The monoisotopic (exact) mass is 273 g/mol. The van der Waals surface area contributed by atoms with Crippen LogP contribution in [0.5, 0.6) is 0 Å². The minimum Gasteiger partial charge on any atom is -0.461 e. The number of nitrogens with one attached hydrogen (secondary N) is 1. The van der Waals surface area contributed by atoms with Gasteiger partial charge in [-0.25, -0.2) is 4.79 Å². The maximum Gasteiger partial charge on any atom is 0.360 e. The second kappa shape index (κ2) is 5.61. The first-order valence-corrected chi connectivity index (χ1v) is 5.80. The second-order valence-electron chi connectivity index (χ2n) is 4.04. The van der Waals surface area contributed by atoms with Gasteiger partial charge in [-0.05, 0) is 6.92 Å². The van der Waals surface area contributed by atoms with Gasteiger partial charge in [0.15, 0.2) is 5.69 Å². The average Bonchev–Trinajstić information content (AvgIpc) is 2.97. The van der Waals surface area contributed by atoms with Gasteiger partial charge in [-0.2, -0.15) is 10.3 Å². The van der Waals surface area contributed by atoms with Gasteiger partial charge in [0.2, 0.25) is 0 Å². The number of hydrogen-bond donors (Lipinski definition) is 4. The Bertz CT molecular complexity index is 450. The third-order valence-corrected chi connectivity index (χ3v) is 2.86. The van der Waals surface area contributed by atoms with E-state index in [0.717, 1.165) is 0 Å². The van der Waals surface area contributed by atoms with E-state index in [1.165, 1.54) is 0 Å². The van der Waals surface area contributed by atoms with Crippen molar-refractivity contribution in [3.8, 4) is 0 Å². The van der Waals surface area contributed by atoms with Crippen LogP contribution in [0.15, 0.2) is 0 Å². The second-order valence-corrected chi connectivity index (χ2v) is 4.04. The van der Waals surface area contributed by atoms with Crippen molar-refractivity contribution in [1.29, 1.82) is 0 Å². The number of ether oxygens (including phenoxy) is 2. The smallest absolute Gasteiger partial charge is 0.360 e. The molecule has 106 valence electrons. The van der Waals surface area contributed by atoms with Gasteiger partial charge < -0.3 is 24.8 Å². The fourth-order valence-corrected chi connectivity index (χ4v) is 1.91. The Balaban J connectivity index is 2.23. The summed E-state index contributed by atoms with van der Waals surface area (Å²) in [6.45, 7) is 1.35. The standard InChI is InChI=1S/C10H15N3O6/c1-2-18-10(17)6-5(11-13-12-6)9-8(16)7(15)4(3-14)19-9/h4,7-9,14-16H,2-3H2,1H3,(H,11,12,13)/t4-,7-,8-,9+/m1/s1. The summed E-state index contributed by atoms with van der Waals surface area (Å²) in [5.41, 5.74) is -0.0716. The van der Waals surface area contributed by atoms with Crippen molar-refractivity contribution >= 4 is 5.97 Å². The molecule has 0 aromatic carbocycles. The summed E-state index contributed by atoms with van der Waals surface area (Å²) in [7, 11) is 0. The number of aromatic amines is 1. The van der Waals surface area contributed by atoms with Crippen LogP contribution in [0.2, 0.25) is 0 Å². The van der Waals surface area contributed by atoms with E-state index >= 15 is 0 Å². The molecule has 2 rings (SSSR count). The number of rotatable bonds is 4. The SMILES string of the molecule is CCOC(=O)c1n[nH]nc1[C@@H]1O[C@H](CO)[C@@H](O)[C@H]1O. The minimum absolute atomic E-state index is 0.0425. The summed E-state index contributed by atoms with van der Waals surface area (Å²) in [5, 5.41) is 38.1. The summed E-state index contributed by atoms with van der Waals surface area (Å²) < 4.78 is 10.1. The summed E-state index contributed by atoms with van der Waals surface area (Å²) >= 11 is 0. The Labute approximate surface area is 108 Å². The van der Waals surface area contributed by atoms with Crippen LogP contribution in [0.1, 0.15) is 29.2 Å². The molecule has 0 aliphatic carbocycles. The third-order valence-electron chi connectivity index (χ3n) is 2.86. The molecule has 1 aliphatic heterocycles.